The molecule has 12 nitrogen and oxygen atoms in total. The van der Waals surface area contributed by atoms with E-state index in [1.165, 1.54) is 11.8 Å². The number of methoxy groups -OCH3 is 1. The Bertz CT molecular complexity index is 1240. The van der Waals surface area contributed by atoms with Gasteiger partial charge in [0.15, 0.2) is 17.3 Å². The summed E-state index contributed by atoms with van der Waals surface area (Å²) in [5.74, 6) is 1.50. The Morgan fingerprint density at radius 2 is 1.88 bits per heavy atom. The van der Waals surface area contributed by atoms with Gasteiger partial charge in [-0.3, -0.25) is 4.79 Å². The minimum atomic E-state index is -0.393. The first-order chi connectivity index (χ1) is 15.6. The van der Waals surface area contributed by atoms with E-state index < -0.39 is 5.91 Å². The van der Waals surface area contributed by atoms with Crippen molar-refractivity contribution >= 4 is 28.9 Å². The second kappa shape index (κ2) is 9.04. The van der Waals surface area contributed by atoms with Crippen LogP contribution in [-0.4, -0.2) is 55.5 Å². The van der Waals surface area contributed by atoms with Gasteiger partial charge in [-0.1, -0.05) is 12.1 Å². The van der Waals surface area contributed by atoms with Crippen LogP contribution >= 0.6 is 0 Å². The molecule has 0 aliphatic rings. The first-order valence-corrected chi connectivity index (χ1v) is 9.55. The van der Waals surface area contributed by atoms with Crippen LogP contribution in [0.25, 0.3) is 11.4 Å². The van der Waals surface area contributed by atoms with Gasteiger partial charge in [-0.05, 0) is 29.5 Å². The van der Waals surface area contributed by atoms with Crippen LogP contribution in [0.4, 0.5) is 23.0 Å². The van der Waals surface area contributed by atoms with E-state index in [1.54, 1.807) is 38.6 Å². The van der Waals surface area contributed by atoms with Crippen LogP contribution in [0, 0.1) is 0 Å². The minimum absolute atomic E-state index is 0.115. The molecule has 4 aromatic rings. The fourth-order valence-corrected chi connectivity index (χ4v) is 2.97. The van der Waals surface area contributed by atoms with Crippen LogP contribution in [-0.2, 0) is 7.05 Å². The number of carbonyl (C=O) groups excluding carboxylic acids is 1. The lowest BCUT2D eigenvalue weighted by Gasteiger charge is -2.16. The molecule has 162 valence electrons. The number of benzene rings is 1. The predicted molar refractivity (Wildman–Crippen MR) is 117 cm³/mol. The lowest BCUT2D eigenvalue weighted by atomic mass is 10.1. The average Bonchev–Trinajstić information content (AvgIpc) is 3.25. The van der Waals surface area contributed by atoms with Crippen molar-refractivity contribution in [2.45, 2.75) is 0 Å². The molecule has 0 fully saturated rings. The molecule has 12 heteroatoms. The molecule has 4 rings (SSSR count). The summed E-state index contributed by atoms with van der Waals surface area (Å²) in [6, 6.07) is 12.6. The first kappa shape index (κ1) is 20.7. The molecule has 0 radical (unpaired) electrons. The molecule has 0 spiro atoms. The maximum absolute atomic E-state index is 12.4. The van der Waals surface area contributed by atoms with E-state index in [1.807, 2.05) is 24.3 Å². The maximum Gasteiger partial charge on any atom is 0.273 e. The number of nitrogens with one attached hydrogen (secondary N) is 3. The number of para-hydroxylation sites is 1. The lowest BCUT2D eigenvalue weighted by Crippen LogP contribution is -2.21. The average molecular weight is 432 g/mol. The third-order valence-corrected chi connectivity index (χ3v) is 4.39. The summed E-state index contributed by atoms with van der Waals surface area (Å²) in [5.41, 5.74) is 1.75. The van der Waals surface area contributed by atoms with Crippen molar-refractivity contribution in [2.24, 2.45) is 7.05 Å². The van der Waals surface area contributed by atoms with Crippen molar-refractivity contribution in [3.05, 3.63) is 54.4 Å². The number of rotatable bonds is 7. The number of nitrogens with zero attached hydrogens (tertiary/aromatic N) is 7. The van der Waals surface area contributed by atoms with Crippen LogP contribution in [0.1, 0.15) is 10.5 Å². The summed E-state index contributed by atoms with van der Waals surface area (Å²) in [4.78, 5) is 18.0. The molecule has 0 unspecified atom stereocenters. The molecule has 0 bridgehead atoms. The summed E-state index contributed by atoms with van der Waals surface area (Å²) >= 11 is 0. The normalized spacial score (nSPS) is 10.5. The Morgan fingerprint density at radius 3 is 2.56 bits per heavy atom. The highest BCUT2D eigenvalue weighted by molar-refractivity contribution is 5.99. The topological polar surface area (TPSA) is 145 Å². The van der Waals surface area contributed by atoms with Crippen molar-refractivity contribution in [3.8, 4) is 17.1 Å². The third kappa shape index (κ3) is 4.28. The summed E-state index contributed by atoms with van der Waals surface area (Å²) in [7, 11) is 4.74. The SMILES string of the molecule is CNC(=O)c1nnc(Nc2ccccn2)cc1Nc1cccc(-c2nnn(C)n2)c1OC. The fourth-order valence-electron chi connectivity index (χ4n) is 2.97. The Kier molecular flexibility index (Phi) is 5.83. The number of aryl methyl sites for hydroxylation is 1. The number of carbonyl (C=O) groups is 1. The van der Waals surface area contributed by atoms with E-state index in [9.17, 15) is 4.79 Å². The Labute approximate surface area is 183 Å². The molecular weight excluding hydrogens is 412 g/mol. The molecule has 0 aliphatic carbocycles. The van der Waals surface area contributed by atoms with Crippen molar-refractivity contribution in [1.29, 1.82) is 0 Å². The predicted octanol–water partition coefficient (Wildman–Crippen LogP) is 1.92. The highest BCUT2D eigenvalue weighted by Crippen LogP contribution is 2.37. The van der Waals surface area contributed by atoms with Gasteiger partial charge in [0, 0.05) is 19.3 Å². The second-order valence-electron chi connectivity index (χ2n) is 6.52. The molecule has 3 aromatic heterocycles. The van der Waals surface area contributed by atoms with E-state index in [0.717, 1.165) is 0 Å². The molecule has 0 atom stereocenters. The monoisotopic (exact) mass is 432 g/mol. The van der Waals surface area contributed by atoms with Gasteiger partial charge in [0.1, 0.15) is 5.82 Å². The molecule has 3 heterocycles. The number of pyridine rings is 1. The highest BCUT2D eigenvalue weighted by Gasteiger charge is 2.19. The zero-order chi connectivity index (χ0) is 22.5. The van der Waals surface area contributed by atoms with E-state index in [0.29, 0.717) is 40.1 Å². The van der Waals surface area contributed by atoms with Gasteiger partial charge in [-0.25, -0.2) is 4.98 Å². The molecule has 0 saturated heterocycles. The van der Waals surface area contributed by atoms with Crippen LogP contribution in [0.5, 0.6) is 5.75 Å². The van der Waals surface area contributed by atoms with E-state index in [4.69, 9.17) is 4.74 Å². The van der Waals surface area contributed by atoms with Gasteiger partial charge >= 0.3 is 0 Å². The van der Waals surface area contributed by atoms with E-state index in [2.05, 4.69) is 46.5 Å². The maximum atomic E-state index is 12.4. The zero-order valence-electron chi connectivity index (χ0n) is 17.6. The summed E-state index contributed by atoms with van der Waals surface area (Å²) in [6.07, 6.45) is 1.66. The summed E-state index contributed by atoms with van der Waals surface area (Å²) in [6.45, 7) is 0. The van der Waals surface area contributed by atoms with Crippen molar-refractivity contribution in [2.75, 3.05) is 24.8 Å². The first-order valence-electron chi connectivity index (χ1n) is 9.55. The van der Waals surface area contributed by atoms with Crippen LogP contribution in [0.15, 0.2) is 48.7 Å². The number of amides is 1. The number of anilines is 4. The molecule has 1 aromatic carbocycles. The smallest absolute Gasteiger partial charge is 0.273 e. The Hall–Kier alpha value is -4.61. The number of ether oxygens (including phenoxy) is 1. The highest BCUT2D eigenvalue weighted by atomic mass is 16.5. The van der Waals surface area contributed by atoms with Gasteiger partial charge in [0.05, 0.1) is 31.1 Å². The largest absolute Gasteiger partial charge is 0.494 e. The van der Waals surface area contributed by atoms with Gasteiger partial charge in [-0.2, -0.15) is 4.80 Å². The van der Waals surface area contributed by atoms with Crippen molar-refractivity contribution in [1.82, 2.24) is 40.7 Å². The van der Waals surface area contributed by atoms with E-state index in [-0.39, 0.29) is 5.69 Å². The van der Waals surface area contributed by atoms with Crippen LogP contribution in [0.3, 0.4) is 0 Å². The number of hydrogen-bond donors (Lipinski definition) is 3. The van der Waals surface area contributed by atoms with Gasteiger partial charge in [0.2, 0.25) is 5.82 Å². The van der Waals surface area contributed by atoms with Crippen LogP contribution in [0.2, 0.25) is 0 Å². The van der Waals surface area contributed by atoms with Gasteiger partial charge < -0.3 is 20.7 Å². The summed E-state index contributed by atoms with van der Waals surface area (Å²) < 4.78 is 5.62. The van der Waals surface area contributed by atoms with Gasteiger partial charge in [-0.15, -0.1) is 20.4 Å². The number of aromatic nitrogens is 7. The molecule has 0 saturated carbocycles. The standard InChI is InChI=1S/C20H20N10O2/c1-21-20(31)17-14(11-16(25-26-17)24-15-9-4-5-10-22-15)23-13-8-6-7-12(18(13)32-3)19-27-29-30(2)28-19/h4-11H,1-3H3,(H,21,31)(H2,22,23,24,25). The Balaban J connectivity index is 1.74. The quantitative estimate of drug-likeness (QED) is 0.396. The molecule has 1 amide bonds. The van der Waals surface area contributed by atoms with Crippen molar-refractivity contribution in [3.63, 3.8) is 0 Å². The van der Waals surface area contributed by atoms with Crippen molar-refractivity contribution < 1.29 is 9.53 Å². The Morgan fingerprint density at radius 1 is 1.00 bits per heavy atom. The van der Waals surface area contributed by atoms with Crippen LogP contribution < -0.4 is 20.7 Å². The fraction of sp³-hybridized carbons (Fsp3) is 0.150. The minimum Gasteiger partial charge on any atom is -0.494 e. The molecular formula is C20H20N10O2. The number of tetrazole rings is 1. The van der Waals surface area contributed by atoms with E-state index >= 15 is 0 Å². The lowest BCUT2D eigenvalue weighted by molar-refractivity contribution is 0.0958. The molecule has 0 aliphatic heterocycles. The summed E-state index contributed by atoms with van der Waals surface area (Å²) in [5, 5.41) is 29.2. The third-order valence-electron chi connectivity index (χ3n) is 4.39. The molecule has 32 heavy (non-hydrogen) atoms. The van der Waals surface area contributed by atoms with Gasteiger partial charge in [0.25, 0.3) is 5.91 Å². The zero-order valence-corrected chi connectivity index (χ0v) is 17.6. The number of hydrogen-bond acceptors (Lipinski definition) is 10. The second-order valence-corrected chi connectivity index (χ2v) is 6.52. The molecule has 3 N–H and O–H groups in total.